The zero-order valence-corrected chi connectivity index (χ0v) is 81.6. The molecule has 0 aliphatic carbocycles. The number of ether oxygens (including phenoxy) is 8. The Kier molecular flexibility index (Phi) is 58.9. The molecular weight excluding hydrogens is 1970 g/mol. The highest BCUT2D eigenvalue weighted by molar-refractivity contribution is 6.75. The first kappa shape index (κ1) is 128. The van der Waals surface area contributed by atoms with E-state index in [9.17, 15) is 75.9 Å². The number of carboxylic acid groups (broad SMARTS) is 1. The third-order valence-corrected chi connectivity index (χ3v) is 15.5. The van der Waals surface area contributed by atoms with Crippen LogP contribution in [0.1, 0.15) is 189 Å². The Hall–Kier alpha value is -16.9. The third kappa shape index (κ3) is 46.4. The fraction of sp³-hybridized carbons (Fsp3) is 0.286. The number of nitrogens with zero attached hydrogens (tertiary/aromatic N) is 16. The number of aromatic amines is 5. The first-order valence-corrected chi connectivity index (χ1v) is 41.6. The summed E-state index contributed by atoms with van der Waals surface area (Å²) in [6, 6.07) is 27.7. The number of esters is 8. The van der Waals surface area contributed by atoms with E-state index in [1.54, 1.807) is 172 Å². The summed E-state index contributed by atoms with van der Waals surface area (Å²) in [6.07, 6.45) is 25.4. The van der Waals surface area contributed by atoms with Gasteiger partial charge in [-0.25, -0.2) is 63.8 Å². The van der Waals surface area contributed by atoms with E-state index in [-0.39, 0.29) is 56.5 Å². The summed E-state index contributed by atoms with van der Waals surface area (Å²) in [5.41, 5.74) is 1.29. The van der Waals surface area contributed by atoms with Crippen LogP contribution in [-0.4, -0.2) is 265 Å². The number of ketones is 3. The highest BCUT2D eigenvalue weighted by Crippen LogP contribution is 2.23. The number of alkyl halides is 2. The molecule has 54 heteroatoms. The Morgan fingerprint density at radius 1 is 0.490 bits per heavy atom. The van der Waals surface area contributed by atoms with Crippen LogP contribution in [0.4, 0.5) is 17.9 Å². The van der Waals surface area contributed by atoms with Crippen molar-refractivity contribution in [2.45, 2.75) is 134 Å². The van der Waals surface area contributed by atoms with Crippen molar-refractivity contribution in [2.75, 3.05) is 33.8 Å². The van der Waals surface area contributed by atoms with E-state index in [1.165, 1.54) is 82.9 Å². The predicted octanol–water partition coefficient (Wildman–Crippen LogP) is 13.3. The van der Waals surface area contributed by atoms with Crippen LogP contribution in [0.2, 0.25) is 0 Å². The quantitative estimate of drug-likeness (QED) is 0.00422. The minimum absolute atomic E-state index is 0. The largest absolute Gasteiger partial charge is 0.477 e. The molecule has 0 bridgehead atoms. The lowest BCUT2D eigenvalue weighted by molar-refractivity contribution is -0.156. The summed E-state index contributed by atoms with van der Waals surface area (Å²) in [5.74, 6) is -7.57. The second kappa shape index (κ2) is 66.7. The highest BCUT2D eigenvalue weighted by Gasteiger charge is 2.39. The fourth-order valence-electron chi connectivity index (χ4n) is 9.67. The summed E-state index contributed by atoms with van der Waals surface area (Å²) in [6.45, 7) is 22.3. The number of aromatic carboxylic acids is 1. The number of hydrogen-bond donors (Lipinski definition) is 7. The Balaban J connectivity index is -0.000000774. The molecule has 14 rings (SSSR count). The van der Waals surface area contributed by atoms with Gasteiger partial charge in [-0.3, -0.25) is 78.2 Å². The van der Waals surface area contributed by atoms with Crippen molar-refractivity contribution in [3.8, 4) is 12.8 Å². The van der Waals surface area contributed by atoms with E-state index >= 15 is 0 Å². The summed E-state index contributed by atoms with van der Waals surface area (Å²) < 4.78 is 89.4. The molecule has 0 unspecified atom stereocenters. The van der Waals surface area contributed by atoms with Gasteiger partial charge < -0.3 is 48.8 Å². The number of pyridine rings is 8. The lowest BCUT2D eigenvalue weighted by atomic mass is 9.81. The van der Waals surface area contributed by atoms with E-state index in [0.717, 1.165) is 24.2 Å². The molecule has 145 heavy (non-hydrogen) atoms. The zero-order valence-electron chi connectivity index (χ0n) is 81.4. The van der Waals surface area contributed by atoms with Gasteiger partial charge in [0, 0.05) is 120 Å². The molecule has 0 fully saturated rings. The molecule has 45 nitrogen and oxygen atoms in total. The van der Waals surface area contributed by atoms with Gasteiger partial charge >= 0.3 is 59.6 Å². The van der Waals surface area contributed by atoms with Crippen LogP contribution < -0.4 is 5.84 Å². The standard InChI is InChI=1S/C12H11N3O5.C11H12FNO3.C11H13N3O2.C11H15N3O2.C9H12N2O3.C8H7N3O.C7H4ClN3O.C7H5N3O2.C5H4FN.C5H8O4.C2H2.CH2Cl2.2CH4.B2.F2.2H2/c1-19-11(17)7(12(18)20-2)9(16)8-6-4-3-5-13-10(6)15-14-8;1-11(2,3)16-10(15)8(14)7-5-4-6-13-9(7)12;1-11(2,3)16-10(15)8-7-5-4-6-12-9(7)14-13-8;1-11(2,3)16-10(15)9(14-12)8-5-4-6-13-7-8;1-9(2,3)14-8(13)7(12)11-5-4-10-6-11;1-5(12)7-6-3-2-4-9-8(6)11-10-7;8-6(12)5-4-2-1-3-9-7(4)11-10-5;11-7(12)5-4-2-1-3-8-6(4)10-9-5;6-5-3-1-2-4-7-5;1-8-4(6)3-5(7)9-2;1-2;2-1-3;;;2*1-2;;/h3-5,7H,1-2H3,(H,13,14,15);4-6H,1-3H3;4-6H,1-3H3,(H,12,13,14);4-7H,12H2,1-3H3;4-6H,1-3H3;2-4H,1H3,(H,9,10,11);1-3H,(H,9,10,11);1-3H,(H,11,12)(H,8,9,10);1-4H;3H2,1-2H3;1-2H;1H2;2*1H4;;;2*1H/b;;;14-9+;;;;;;;;;;;;;;/i;;;;;;;;;;;;;;;;1+1D;. The number of fused-ring (bicyclic) bond motifs is 5. The van der Waals surface area contributed by atoms with E-state index in [1.807, 2.05) is 26.8 Å². The number of imidazole rings is 1. The number of methoxy groups -OCH3 is 4. The second-order valence-electron chi connectivity index (χ2n) is 30.1. The number of carbonyl (C=O) groups excluding carboxylic acids is 13. The number of hydrazone groups is 1. The first-order valence-electron chi connectivity index (χ1n) is 41.1. The summed E-state index contributed by atoms with van der Waals surface area (Å²) >= 11 is 14.8. The minimum atomic E-state index is -1.69. The maximum absolute atomic E-state index is 13.1. The highest BCUT2D eigenvalue weighted by atomic mass is 35.5. The first-order chi connectivity index (χ1) is 68.6. The van der Waals surface area contributed by atoms with Crippen LogP contribution in [-0.2, 0) is 71.5 Å². The van der Waals surface area contributed by atoms with Crippen LogP contribution in [0.3, 0.4) is 0 Å². The zero-order chi connectivity index (χ0) is 111. The number of halogens is 7. The van der Waals surface area contributed by atoms with Crippen LogP contribution >= 0.6 is 34.8 Å². The van der Waals surface area contributed by atoms with E-state index in [0.29, 0.717) is 72.4 Å². The van der Waals surface area contributed by atoms with Crippen molar-refractivity contribution in [1.29, 1.82) is 0 Å². The normalized spacial score (nSPS) is 10.2. The van der Waals surface area contributed by atoms with Gasteiger partial charge in [-0.05, 0) is 192 Å². The molecule has 0 aliphatic rings. The van der Waals surface area contributed by atoms with Gasteiger partial charge in [0.25, 0.3) is 11.0 Å². The predicted molar refractivity (Wildman–Crippen MR) is 528 cm³/mol. The number of nitrogens with two attached hydrogens (primary N) is 1. The summed E-state index contributed by atoms with van der Waals surface area (Å²) in [4.78, 5) is 191. The monoisotopic (exact) mass is 2080 g/mol. The van der Waals surface area contributed by atoms with Crippen molar-refractivity contribution >= 4 is 193 Å². The third-order valence-electron chi connectivity index (χ3n) is 15.3. The number of hydrogen-bond acceptors (Lipinski definition) is 38. The minimum Gasteiger partial charge on any atom is -0.477 e. The van der Waals surface area contributed by atoms with Crippen LogP contribution in [0.5, 0.6) is 0 Å². The van der Waals surface area contributed by atoms with Crippen LogP contribution in [0.15, 0.2) is 183 Å². The molecule has 0 aromatic carbocycles. The van der Waals surface area contributed by atoms with Crippen LogP contribution in [0, 0.1) is 30.7 Å². The van der Waals surface area contributed by atoms with Crippen molar-refractivity contribution < 1.29 is 132 Å². The molecule has 0 atom stereocenters. The van der Waals surface area contributed by atoms with Crippen molar-refractivity contribution in [1.82, 2.24) is 100 Å². The summed E-state index contributed by atoms with van der Waals surface area (Å²) in [7, 11) is 12.6. The average Bonchev–Trinajstić information content (AvgIpc) is 1.67. The number of nitrogens with one attached hydrogen (secondary N) is 5. The smallest absolute Gasteiger partial charge is 0.398 e. The molecule has 0 saturated carbocycles. The molecule has 14 aromatic heterocycles. The number of carbonyl (C=O) groups is 14. The van der Waals surface area contributed by atoms with Crippen molar-refractivity contribution in [2.24, 2.45) is 16.9 Å². The number of rotatable bonds is 14. The van der Waals surface area contributed by atoms with Crippen LogP contribution in [0.25, 0.3) is 55.2 Å². The molecule has 0 spiro atoms. The van der Waals surface area contributed by atoms with Gasteiger partial charge in [0.05, 0.1) is 55.5 Å². The van der Waals surface area contributed by atoms with E-state index < -0.39 is 117 Å². The van der Waals surface area contributed by atoms with Gasteiger partial charge in [-0.1, -0.05) is 20.9 Å². The lowest BCUT2D eigenvalue weighted by Gasteiger charge is -2.19. The molecule has 0 aliphatic heterocycles. The fourth-order valence-corrected chi connectivity index (χ4v) is 9.81. The Labute approximate surface area is 848 Å². The van der Waals surface area contributed by atoms with E-state index in [2.05, 4.69) is 148 Å². The number of carboxylic acids is 1. The molecule has 14 heterocycles. The number of aromatic nitrogens is 20. The SMILES string of the molecule is C.C.C#C.CC(=O)c1[nH]nc2ncccc12.CC(C)(C)OC(=O)/C(=N/N)c1cccnc1.CC(C)(C)OC(=O)C(=O)c1cccnc1F.CC(C)(C)OC(=O)C(=O)n1ccnc1.CC(C)(C)OC(=O)c1[nH]nc2ncccc12.COC(=O)C(C(=O)OC)C(=O)c1[nH]nc2ncccc12.COC(=O)CC(=O)OC.ClCCl.FF.Fc1ccccn1.O=C(Cl)c1[nH]nc2ncccc12.O=C(O)c1[nH]nc2ncccc12.[2H][2H].[B][B].[HH]. The summed E-state index contributed by atoms with van der Waals surface area (Å²) in [5, 5.41) is 46.7. The molecule has 14 aromatic rings. The number of H-pyrrole nitrogens is 5. The Bertz CT molecular complexity index is 6330. The van der Waals surface area contributed by atoms with Gasteiger partial charge in [-0.15, -0.1) is 36.0 Å². The second-order valence-corrected chi connectivity index (χ2v) is 31.3. The Morgan fingerprint density at radius 3 is 1.21 bits per heavy atom. The molecule has 774 valence electrons. The van der Waals surface area contributed by atoms with Crippen molar-refractivity contribution in [3.63, 3.8) is 0 Å². The molecule has 0 amide bonds. The lowest BCUT2D eigenvalue weighted by Crippen LogP contribution is -2.34. The number of Topliss-reactive ketones (excluding diaryl/α,β-unsaturated/α-hetero) is 3. The van der Waals surface area contributed by atoms with E-state index in [4.69, 9.17) is 76.8 Å². The van der Waals surface area contributed by atoms with Gasteiger partial charge in [0.1, 0.15) is 52.2 Å². The molecule has 8 N–H and O–H groups in total. The molecule has 4 radical (unpaired) electrons. The maximum atomic E-state index is 13.1. The Morgan fingerprint density at radius 2 is 0.855 bits per heavy atom. The van der Waals surface area contributed by atoms with Crippen molar-refractivity contribution in [3.05, 3.63) is 229 Å². The van der Waals surface area contributed by atoms with Gasteiger partial charge in [0.2, 0.25) is 23.6 Å². The average molecular weight is 2080 g/mol. The molecular formula is C91H107B2Cl3F4N22O23. The van der Waals surface area contributed by atoms with Gasteiger partial charge in [0.15, 0.2) is 51.1 Å². The maximum Gasteiger partial charge on any atom is 0.398 e. The molecule has 0 saturated heterocycles. The number of terminal acetylenes is 1. The van der Waals surface area contributed by atoms with Gasteiger partial charge in [-0.2, -0.15) is 39.4 Å². The topological polar surface area (TPSA) is 636 Å².